The quantitative estimate of drug-likeness (QED) is 0.868. The van der Waals surface area contributed by atoms with Crippen molar-refractivity contribution >= 4 is 38.6 Å². The van der Waals surface area contributed by atoms with E-state index in [1.54, 1.807) is 13.0 Å². The molecule has 2 N–H and O–H groups in total. The van der Waals surface area contributed by atoms with Crippen molar-refractivity contribution in [2.75, 3.05) is 6.54 Å². The molecule has 0 saturated carbocycles. The lowest BCUT2D eigenvalue weighted by molar-refractivity contribution is -0.137. The topological polar surface area (TPSA) is 66.4 Å². The lowest BCUT2D eigenvalue weighted by atomic mass is 10.0. The number of carboxylic acids is 1. The fraction of sp³-hybridized carbons (Fsp3) is 0.250. The van der Waals surface area contributed by atoms with Gasteiger partial charge in [0.1, 0.15) is 0 Å². The Morgan fingerprint density at radius 2 is 2.00 bits per heavy atom. The van der Waals surface area contributed by atoms with E-state index in [0.717, 1.165) is 15.2 Å². The van der Waals surface area contributed by atoms with E-state index in [1.807, 2.05) is 30.3 Å². The SMILES string of the molecule is CC(CNC(=O)c1cc(Br)cc2ccccc12)CC(=O)O. The second-order valence-electron chi connectivity index (χ2n) is 5.09. The third-order valence-electron chi connectivity index (χ3n) is 3.21. The van der Waals surface area contributed by atoms with Gasteiger partial charge in [0.2, 0.25) is 0 Å². The van der Waals surface area contributed by atoms with E-state index >= 15 is 0 Å². The fourth-order valence-electron chi connectivity index (χ4n) is 2.19. The molecule has 2 rings (SSSR count). The van der Waals surface area contributed by atoms with Gasteiger partial charge >= 0.3 is 5.97 Å². The van der Waals surface area contributed by atoms with Gasteiger partial charge in [-0.05, 0) is 28.8 Å². The lowest BCUT2D eigenvalue weighted by Crippen LogP contribution is -2.29. The van der Waals surface area contributed by atoms with Crippen LogP contribution in [0.5, 0.6) is 0 Å². The molecule has 1 atom stereocenters. The number of amides is 1. The highest BCUT2D eigenvalue weighted by atomic mass is 79.9. The Balaban J connectivity index is 2.18. The lowest BCUT2D eigenvalue weighted by Gasteiger charge is -2.12. The summed E-state index contributed by atoms with van der Waals surface area (Å²) in [5, 5.41) is 13.4. The first-order valence-corrected chi connectivity index (χ1v) is 7.45. The Morgan fingerprint density at radius 1 is 1.29 bits per heavy atom. The van der Waals surface area contributed by atoms with E-state index in [1.165, 1.54) is 0 Å². The molecule has 2 aromatic rings. The van der Waals surface area contributed by atoms with Crippen LogP contribution in [0.1, 0.15) is 23.7 Å². The highest BCUT2D eigenvalue weighted by molar-refractivity contribution is 9.10. The van der Waals surface area contributed by atoms with Gasteiger partial charge in [-0.15, -0.1) is 0 Å². The third-order valence-corrected chi connectivity index (χ3v) is 3.66. The number of nitrogens with one attached hydrogen (secondary N) is 1. The molecule has 21 heavy (non-hydrogen) atoms. The van der Waals surface area contributed by atoms with Gasteiger partial charge in [-0.3, -0.25) is 9.59 Å². The molecular weight excluding hydrogens is 334 g/mol. The molecule has 1 amide bonds. The zero-order valence-corrected chi connectivity index (χ0v) is 13.2. The van der Waals surface area contributed by atoms with Crippen LogP contribution in [0, 0.1) is 5.92 Å². The smallest absolute Gasteiger partial charge is 0.303 e. The summed E-state index contributed by atoms with van der Waals surface area (Å²) in [4.78, 5) is 22.9. The van der Waals surface area contributed by atoms with Gasteiger partial charge in [-0.2, -0.15) is 0 Å². The van der Waals surface area contributed by atoms with Gasteiger partial charge in [0.15, 0.2) is 0 Å². The van der Waals surface area contributed by atoms with E-state index in [-0.39, 0.29) is 18.2 Å². The molecule has 0 spiro atoms. The molecule has 0 aliphatic heterocycles. The second kappa shape index (κ2) is 6.72. The summed E-state index contributed by atoms with van der Waals surface area (Å²) >= 11 is 3.41. The number of carboxylic acid groups (broad SMARTS) is 1. The Hall–Kier alpha value is -1.88. The summed E-state index contributed by atoms with van der Waals surface area (Å²) in [6, 6.07) is 11.4. The average molecular weight is 350 g/mol. The number of hydrogen-bond donors (Lipinski definition) is 2. The van der Waals surface area contributed by atoms with E-state index in [4.69, 9.17) is 5.11 Å². The minimum absolute atomic E-state index is 0.0412. The van der Waals surface area contributed by atoms with Gasteiger partial charge in [0, 0.05) is 23.0 Å². The van der Waals surface area contributed by atoms with Crippen LogP contribution in [0.15, 0.2) is 40.9 Å². The molecule has 0 aliphatic carbocycles. The third kappa shape index (κ3) is 4.04. The monoisotopic (exact) mass is 349 g/mol. The highest BCUT2D eigenvalue weighted by Crippen LogP contribution is 2.24. The fourth-order valence-corrected chi connectivity index (χ4v) is 2.67. The minimum atomic E-state index is -0.857. The summed E-state index contributed by atoms with van der Waals surface area (Å²) in [5.41, 5.74) is 0.586. The van der Waals surface area contributed by atoms with Crippen LogP contribution in [-0.4, -0.2) is 23.5 Å². The summed E-state index contributed by atoms with van der Waals surface area (Å²) < 4.78 is 0.838. The summed E-state index contributed by atoms with van der Waals surface area (Å²) in [7, 11) is 0. The van der Waals surface area contributed by atoms with Crippen LogP contribution in [0.2, 0.25) is 0 Å². The molecule has 4 nitrogen and oxygen atoms in total. The molecule has 0 bridgehead atoms. The number of hydrogen-bond acceptors (Lipinski definition) is 2. The van der Waals surface area contributed by atoms with Gasteiger partial charge in [0.25, 0.3) is 5.91 Å². The average Bonchev–Trinajstić information content (AvgIpc) is 2.43. The first-order chi connectivity index (χ1) is 9.97. The number of aliphatic carboxylic acids is 1. The molecule has 0 saturated heterocycles. The van der Waals surface area contributed by atoms with E-state index in [2.05, 4.69) is 21.2 Å². The molecule has 110 valence electrons. The first-order valence-electron chi connectivity index (χ1n) is 6.65. The van der Waals surface area contributed by atoms with Crippen molar-refractivity contribution in [3.63, 3.8) is 0 Å². The number of carbonyl (C=O) groups is 2. The normalized spacial score (nSPS) is 12.1. The van der Waals surface area contributed by atoms with Crippen LogP contribution >= 0.6 is 15.9 Å². The maximum absolute atomic E-state index is 12.3. The number of rotatable bonds is 5. The molecule has 0 aromatic heterocycles. The van der Waals surface area contributed by atoms with Crippen LogP contribution in [0.3, 0.4) is 0 Å². The first kappa shape index (κ1) is 15.5. The summed E-state index contributed by atoms with van der Waals surface area (Å²) in [6.07, 6.45) is 0.0412. The Labute approximate surface area is 131 Å². The predicted molar refractivity (Wildman–Crippen MR) is 85.4 cm³/mol. The van der Waals surface area contributed by atoms with E-state index in [9.17, 15) is 9.59 Å². The van der Waals surface area contributed by atoms with Crippen molar-refractivity contribution in [3.05, 3.63) is 46.4 Å². The molecule has 0 aliphatic rings. The van der Waals surface area contributed by atoms with Crippen molar-refractivity contribution in [3.8, 4) is 0 Å². The number of benzene rings is 2. The molecule has 1 unspecified atom stereocenters. The number of halogens is 1. The van der Waals surface area contributed by atoms with Gasteiger partial charge in [-0.1, -0.05) is 47.1 Å². The van der Waals surface area contributed by atoms with E-state index < -0.39 is 5.97 Å². The van der Waals surface area contributed by atoms with Gasteiger partial charge in [-0.25, -0.2) is 0 Å². The van der Waals surface area contributed by atoms with Crippen molar-refractivity contribution < 1.29 is 14.7 Å². The Morgan fingerprint density at radius 3 is 2.71 bits per heavy atom. The predicted octanol–water partition coefficient (Wildman–Crippen LogP) is 3.44. The molecule has 0 radical (unpaired) electrons. The molecule has 2 aromatic carbocycles. The largest absolute Gasteiger partial charge is 0.481 e. The molecule has 0 heterocycles. The molecule has 5 heteroatoms. The van der Waals surface area contributed by atoms with Crippen molar-refractivity contribution in [2.24, 2.45) is 5.92 Å². The Bertz CT molecular complexity index is 684. The summed E-state index contributed by atoms with van der Waals surface area (Å²) in [6.45, 7) is 2.14. The van der Waals surface area contributed by atoms with Crippen molar-refractivity contribution in [1.82, 2.24) is 5.32 Å². The standard InChI is InChI=1S/C16H16BrNO3/c1-10(6-15(19)20)9-18-16(21)14-8-12(17)7-11-4-2-3-5-13(11)14/h2-5,7-8,10H,6,9H2,1H3,(H,18,21)(H,19,20). The number of fused-ring (bicyclic) bond motifs is 1. The Kier molecular flexibility index (Phi) is 4.96. The highest BCUT2D eigenvalue weighted by Gasteiger charge is 2.13. The van der Waals surface area contributed by atoms with Crippen LogP contribution in [0.25, 0.3) is 10.8 Å². The number of carbonyl (C=O) groups excluding carboxylic acids is 1. The molecule has 0 fully saturated rings. The van der Waals surface area contributed by atoms with Crippen LogP contribution in [-0.2, 0) is 4.79 Å². The van der Waals surface area contributed by atoms with Gasteiger partial charge in [0.05, 0.1) is 0 Å². The van der Waals surface area contributed by atoms with E-state index in [0.29, 0.717) is 12.1 Å². The van der Waals surface area contributed by atoms with Gasteiger partial charge < -0.3 is 10.4 Å². The molecular formula is C16H16BrNO3. The zero-order chi connectivity index (χ0) is 15.4. The zero-order valence-electron chi connectivity index (χ0n) is 11.6. The minimum Gasteiger partial charge on any atom is -0.481 e. The van der Waals surface area contributed by atoms with Crippen molar-refractivity contribution in [1.29, 1.82) is 0 Å². The summed E-state index contributed by atoms with van der Waals surface area (Å²) in [5.74, 6) is -1.15. The maximum Gasteiger partial charge on any atom is 0.303 e. The van der Waals surface area contributed by atoms with Crippen molar-refractivity contribution in [2.45, 2.75) is 13.3 Å². The van der Waals surface area contributed by atoms with Crippen LogP contribution < -0.4 is 5.32 Å². The maximum atomic E-state index is 12.3. The van der Waals surface area contributed by atoms with Crippen LogP contribution in [0.4, 0.5) is 0 Å². The second-order valence-corrected chi connectivity index (χ2v) is 6.00.